The van der Waals surface area contributed by atoms with Gasteiger partial charge >= 0.3 is 5.97 Å². The fourth-order valence-corrected chi connectivity index (χ4v) is 1.91. The first kappa shape index (κ1) is 15.3. The number of hydrogen-bond acceptors (Lipinski definition) is 3. The summed E-state index contributed by atoms with van der Waals surface area (Å²) in [6.07, 6.45) is 0.185. The maximum absolute atomic E-state index is 11.9. The molecule has 2 aromatic carbocycles. The van der Waals surface area contributed by atoms with E-state index in [9.17, 15) is 9.59 Å². The molecule has 3 nitrogen and oxygen atoms in total. The zero-order chi connectivity index (χ0) is 15.2. The van der Waals surface area contributed by atoms with Crippen molar-refractivity contribution in [2.45, 2.75) is 19.8 Å². The van der Waals surface area contributed by atoms with E-state index in [2.05, 4.69) is 0 Å². The van der Waals surface area contributed by atoms with Crippen LogP contribution in [0.15, 0.2) is 48.5 Å². The van der Waals surface area contributed by atoms with Crippen LogP contribution in [0.25, 0.3) is 0 Å². The second kappa shape index (κ2) is 7.04. The van der Waals surface area contributed by atoms with Crippen LogP contribution in [0.5, 0.6) is 5.75 Å². The number of esters is 1. The van der Waals surface area contributed by atoms with Crippen molar-refractivity contribution in [3.63, 3.8) is 0 Å². The summed E-state index contributed by atoms with van der Waals surface area (Å²) in [7, 11) is 0. The normalized spacial score (nSPS) is 10.2. The van der Waals surface area contributed by atoms with E-state index in [1.807, 2.05) is 19.1 Å². The van der Waals surface area contributed by atoms with Crippen LogP contribution >= 0.6 is 11.6 Å². The van der Waals surface area contributed by atoms with E-state index in [0.717, 1.165) is 5.56 Å². The fraction of sp³-hybridized carbons (Fsp3) is 0.176. The minimum absolute atomic E-state index is 0.0509. The summed E-state index contributed by atoms with van der Waals surface area (Å²) in [5, 5.41) is 0.573. The van der Waals surface area contributed by atoms with Crippen LogP contribution in [0.1, 0.15) is 28.8 Å². The molecule has 0 saturated heterocycles. The Kier molecular flexibility index (Phi) is 5.12. The third-order valence-electron chi connectivity index (χ3n) is 2.98. The Hall–Kier alpha value is -2.13. The zero-order valence-electron chi connectivity index (χ0n) is 11.6. The molecule has 0 atom stereocenters. The smallest absolute Gasteiger partial charge is 0.311 e. The van der Waals surface area contributed by atoms with E-state index < -0.39 is 5.97 Å². The maximum atomic E-state index is 11.9. The van der Waals surface area contributed by atoms with E-state index in [1.165, 1.54) is 0 Å². The van der Waals surface area contributed by atoms with Gasteiger partial charge in [0.1, 0.15) is 5.75 Å². The van der Waals surface area contributed by atoms with E-state index in [0.29, 0.717) is 16.3 Å². The molecule has 0 spiro atoms. The molecule has 0 fully saturated rings. The Labute approximate surface area is 128 Å². The van der Waals surface area contributed by atoms with Gasteiger partial charge < -0.3 is 4.74 Å². The molecule has 0 aliphatic carbocycles. The highest BCUT2D eigenvalue weighted by Crippen LogP contribution is 2.16. The first-order chi connectivity index (χ1) is 10.0. The standard InChI is InChI=1S/C17H15ClO3/c1-12-2-4-13(5-3-12)16(19)10-11-17(20)21-15-8-6-14(18)7-9-15/h2-9H,10-11H2,1H3. The number of hydrogen-bond donors (Lipinski definition) is 0. The molecule has 0 bridgehead atoms. The van der Waals surface area contributed by atoms with Crippen molar-refractivity contribution in [2.75, 3.05) is 0 Å². The van der Waals surface area contributed by atoms with Crippen molar-refractivity contribution in [2.24, 2.45) is 0 Å². The number of rotatable bonds is 5. The molecule has 0 heterocycles. The van der Waals surface area contributed by atoms with Crippen LogP contribution in [0.2, 0.25) is 5.02 Å². The summed E-state index contributed by atoms with van der Waals surface area (Å²) in [5.41, 5.74) is 1.70. The van der Waals surface area contributed by atoms with Crippen molar-refractivity contribution < 1.29 is 14.3 Å². The van der Waals surface area contributed by atoms with E-state index in [4.69, 9.17) is 16.3 Å². The maximum Gasteiger partial charge on any atom is 0.311 e. The van der Waals surface area contributed by atoms with Crippen LogP contribution in [-0.2, 0) is 4.79 Å². The summed E-state index contributed by atoms with van der Waals surface area (Å²) in [5.74, 6) is -0.0759. The Morgan fingerprint density at radius 3 is 2.19 bits per heavy atom. The summed E-state index contributed by atoms with van der Waals surface area (Å²) in [4.78, 5) is 23.6. The van der Waals surface area contributed by atoms with Gasteiger partial charge in [-0.3, -0.25) is 9.59 Å². The van der Waals surface area contributed by atoms with Gasteiger partial charge in [0.2, 0.25) is 0 Å². The summed E-state index contributed by atoms with van der Waals surface area (Å²) < 4.78 is 5.12. The molecule has 0 N–H and O–H groups in total. The largest absolute Gasteiger partial charge is 0.427 e. The van der Waals surface area contributed by atoms with Crippen molar-refractivity contribution in [1.82, 2.24) is 0 Å². The first-order valence-corrected chi connectivity index (χ1v) is 6.98. The second-order valence-corrected chi connectivity index (χ2v) is 5.15. The predicted molar refractivity (Wildman–Crippen MR) is 81.8 cm³/mol. The number of aryl methyl sites for hydroxylation is 1. The lowest BCUT2D eigenvalue weighted by molar-refractivity contribution is -0.134. The topological polar surface area (TPSA) is 43.4 Å². The summed E-state index contributed by atoms with van der Waals surface area (Å²) >= 11 is 5.74. The molecule has 0 saturated carbocycles. The molecule has 2 aromatic rings. The quantitative estimate of drug-likeness (QED) is 0.472. The number of ether oxygens (including phenoxy) is 1. The third-order valence-corrected chi connectivity index (χ3v) is 3.23. The molecule has 0 amide bonds. The van der Waals surface area contributed by atoms with Crippen LogP contribution < -0.4 is 4.74 Å². The SMILES string of the molecule is Cc1ccc(C(=O)CCC(=O)Oc2ccc(Cl)cc2)cc1. The van der Waals surface area contributed by atoms with Gasteiger partial charge in [0.25, 0.3) is 0 Å². The van der Waals surface area contributed by atoms with Gasteiger partial charge in [0.05, 0.1) is 6.42 Å². The summed E-state index contributed by atoms with van der Waals surface area (Å²) in [6.45, 7) is 1.96. The zero-order valence-corrected chi connectivity index (χ0v) is 12.4. The van der Waals surface area contributed by atoms with Crippen LogP contribution in [0.3, 0.4) is 0 Å². The number of halogens is 1. The number of Topliss-reactive ketones (excluding diaryl/α,β-unsaturated/α-hetero) is 1. The number of carbonyl (C=O) groups excluding carboxylic acids is 2. The van der Waals surface area contributed by atoms with Gasteiger partial charge in [-0.2, -0.15) is 0 Å². The lowest BCUT2D eigenvalue weighted by Gasteiger charge is -2.04. The highest BCUT2D eigenvalue weighted by molar-refractivity contribution is 6.30. The highest BCUT2D eigenvalue weighted by Gasteiger charge is 2.11. The molecule has 21 heavy (non-hydrogen) atoms. The lowest BCUT2D eigenvalue weighted by atomic mass is 10.1. The average molecular weight is 303 g/mol. The minimum atomic E-state index is -0.433. The Morgan fingerprint density at radius 1 is 0.952 bits per heavy atom. The van der Waals surface area contributed by atoms with Gasteiger partial charge in [-0.25, -0.2) is 0 Å². The second-order valence-electron chi connectivity index (χ2n) is 4.72. The molecule has 2 rings (SSSR count). The molecule has 0 radical (unpaired) electrons. The van der Waals surface area contributed by atoms with Crippen LogP contribution in [0.4, 0.5) is 0 Å². The average Bonchev–Trinajstić information content (AvgIpc) is 2.48. The van der Waals surface area contributed by atoms with Crippen molar-refractivity contribution >= 4 is 23.4 Å². The molecule has 0 unspecified atom stereocenters. The van der Waals surface area contributed by atoms with Gasteiger partial charge in [-0.1, -0.05) is 41.4 Å². The van der Waals surface area contributed by atoms with Gasteiger partial charge in [-0.15, -0.1) is 0 Å². The molecular formula is C17H15ClO3. The fourth-order valence-electron chi connectivity index (χ4n) is 1.78. The van der Waals surface area contributed by atoms with Crippen molar-refractivity contribution in [3.05, 3.63) is 64.7 Å². The molecule has 0 aromatic heterocycles. The van der Waals surface area contributed by atoms with Crippen LogP contribution in [-0.4, -0.2) is 11.8 Å². The Balaban J connectivity index is 1.84. The van der Waals surface area contributed by atoms with Gasteiger partial charge in [0.15, 0.2) is 5.78 Å². The van der Waals surface area contributed by atoms with E-state index >= 15 is 0 Å². The minimum Gasteiger partial charge on any atom is -0.427 e. The van der Waals surface area contributed by atoms with Gasteiger partial charge in [-0.05, 0) is 31.2 Å². The monoisotopic (exact) mass is 302 g/mol. The number of benzene rings is 2. The highest BCUT2D eigenvalue weighted by atomic mass is 35.5. The Bertz CT molecular complexity index is 630. The molecule has 4 heteroatoms. The van der Waals surface area contributed by atoms with Crippen molar-refractivity contribution in [1.29, 1.82) is 0 Å². The van der Waals surface area contributed by atoms with E-state index in [1.54, 1.807) is 36.4 Å². The third kappa shape index (κ3) is 4.72. The van der Waals surface area contributed by atoms with Crippen molar-refractivity contribution in [3.8, 4) is 5.75 Å². The first-order valence-electron chi connectivity index (χ1n) is 6.61. The molecule has 108 valence electrons. The lowest BCUT2D eigenvalue weighted by Crippen LogP contribution is -2.10. The number of carbonyl (C=O) groups is 2. The molecule has 0 aliphatic heterocycles. The van der Waals surface area contributed by atoms with Gasteiger partial charge in [0, 0.05) is 17.0 Å². The van der Waals surface area contributed by atoms with E-state index in [-0.39, 0.29) is 18.6 Å². The number of ketones is 1. The Morgan fingerprint density at radius 2 is 1.57 bits per heavy atom. The molecular weight excluding hydrogens is 288 g/mol. The molecule has 0 aliphatic rings. The van der Waals surface area contributed by atoms with Crippen LogP contribution in [0, 0.1) is 6.92 Å². The summed E-state index contributed by atoms with van der Waals surface area (Å²) in [6, 6.07) is 13.8. The predicted octanol–water partition coefficient (Wildman–Crippen LogP) is 4.22.